The number of non-ortho nitro benzene ring substituents is 1. The Balaban J connectivity index is 1.56. The van der Waals surface area contributed by atoms with E-state index in [1.807, 2.05) is 0 Å². The Bertz CT molecular complexity index is 944. The molecule has 9 nitrogen and oxygen atoms in total. The zero-order chi connectivity index (χ0) is 21.8. The van der Waals surface area contributed by atoms with E-state index in [1.165, 1.54) is 24.3 Å². The summed E-state index contributed by atoms with van der Waals surface area (Å²) in [6.07, 6.45) is -4.88. The van der Waals surface area contributed by atoms with E-state index in [-0.39, 0.29) is 17.9 Å². The van der Waals surface area contributed by atoms with Crippen LogP contribution in [-0.2, 0) is 16.1 Å². The second-order valence-corrected chi connectivity index (χ2v) is 7.57. The number of nitro groups is 1. The van der Waals surface area contributed by atoms with Gasteiger partial charge in [0.15, 0.2) is 6.10 Å². The zero-order valence-electron chi connectivity index (χ0n) is 15.5. The van der Waals surface area contributed by atoms with Crippen LogP contribution in [0.25, 0.3) is 0 Å². The van der Waals surface area contributed by atoms with Crippen LogP contribution in [0.15, 0.2) is 42.5 Å². The third-order valence-corrected chi connectivity index (χ3v) is 5.34. The number of ether oxygens (including phenoxy) is 1. The fourth-order valence-corrected chi connectivity index (χ4v) is 3.37. The predicted octanol–water partition coefficient (Wildman–Crippen LogP) is 2.12. The summed E-state index contributed by atoms with van der Waals surface area (Å²) in [5.41, 5.74) is 0.850. The molecule has 2 aromatic carbocycles. The van der Waals surface area contributed by atoms with Crippen LogP contribution >= 0.6 is 23.2 Å². The standard InChI is InChI=1S/C19H19Cl2N3O6/c20-13-5-4-10(6-14(13)21)8-22-9-15-16(25)17(26)18(30-15)19(27)23-11-2-1-3-12(7-11)24(28)29/h1-7,15-18,22,25-26H,8-9H2,(H,23,27)/t15-,16-,17+,18+/m1/s1. The van der Waals surface area contributed by atoms with Crippen molar-refractivity contribution in [1.82, 2.24) is 5.32 Å². The number of nitrogens with zero attached hydrogens (tertiary/aromatic N) is 1. The number of benzene rings is 2. The fraction of sp³-hybridized carbons (Fsp3) is 0.316. The molecule has 11 heteroatoms. The Morgan fingerprint density at radius 1 is 1.13 bits per heavy atom. The predicted molar refractivity (Wildman–Crippen MR) is 111 cm³/mol. The summed E-state index contributed by atoms with van der Waals surface area (Å²) in [4.78, 5) is 22.7. The molecule has 1 aliphatic rings. The molecule has 4 atom stereocenters. The summed E-state index contributed by atoms with van der Waals surface area (Å²) in [6, 6.07) is 10.5. The number of aliphatic hydroxyl groups excluding tert-OH is 2. The van der Waals surface area contributed by atoms with Crippen LogP contribution in [0.5, 0.6) is 0 Å². The number of hydrogen-bond donors (Lipinski definition) is 4. The largest absolute Gasteiger partial charge is 0.388 e. The topological polar surface area (TPSA) is 134 Å². The molecule has 1 fully saturated rings. The number of carbonyl (C=O) groups excluding carboxylic acids is 1. The molecule has 0 aromatic heterocycles. The molecule has 0 aliphatic carbocycles. The minimum atomic E-state index is -1.44. The van der Waals surface area contributed by atoms with Crippen LogP contribution in [0.1, 0.15) is 5.56 Å². The minimum absolute atomic E-state index is 0.166. The molecule has 3 rings (SSSR count). The van der Waals surface area contributed by atoms with Gasteiger partial charge in [-0.25, -0.2) is 0 Å². The quantitative estimate of drug-likeness (QED) is 0.371. The average Bonchev–Trinajstić information content (AvgIpc) is 2.99. The Morgan fingerprint density at radius 3 is 2.60 bits per heavy atom. The van der Waals surface area contributed by atoms with E-state index >= 15 is 0 Å². The van der Waals surface area contributed by atoms with E-state index in [4.69, 9.17) is 27.9 Å². The maximum absolute atomic E-state index is 12.4. The number of amides is 1. The summed E-state index contributed by atoms with van der Waals surface area (Å²) in [6.45, 7) is 0.573. The zero-order valence-corrected chi connectivity index (χ0v) is 17.0. The molecule has 160 valence electrons. The molecule has 1 heterocycles. The second-order valence-electron chi connectivity index (χ2n) is 6.75. The maximum Gasteiger partial charge on any atom is 0.271 e. The first-order chi connectivity index (χ1) is 14.3. The SMILES string of the molecule is O=C(Nc1cccc([N+](=O)[O-])c1)[C@H]1O[C@H](CNCc2ccc(Cl)c(Cl)c2)[C@@H](O)[C@@H]1O. The third kappa shape index (κ3) is 5.25. The molecule has 0 saturated carbocycles. The first-order valence-electron chi connectivity index (χ1n) is 8.98. The number of anilines is 1. The van der Waals surface area contributed by atoms with Gasteiger partial charge in [-0.1, -0.05) is 35.3 Å². The van der Waals surface area contributed by atoms with Gasteiger partial charge in [-0.05, 0) is 23.8 Å². The lowest BCUT2D eigenvalue weighted by molar-refractivity contribution is -0.384. The first kappa shape index (κ1) is 22.4. The molecule has 1 aliphatic heterocycles. The highest BCUT2D eigenvalue weighted by atomic mass is 35.5. The molecular weight excluding hydrogens is 437 g/mol. The molecule has 4 N–H and O–H groups in total. The van der Waals surface area contributed by atoms with Gasteiger partial charge in [0, 0.05) is 30.9 Å². The van der Waals surface area contributed by atoms with E-state index < -0.39 is 35.2 Å². The number of nitrogens with one attached hydrogen (secondary N) is 2. The molecule has 2 aromatic rings. The normalized spacial score (nSPS) is 23.3. The van der Waals surface area contributed by atoms with Gasteiger partial charge in [0.25, 0.3) is 11.6 Å². The lowest BCUT2D eigenvalue weighted by Crippen LogP contribution is -2.40. The van der Waals surface area contributed by atoms with E-state index in [1.54, 1.807) is 18.2 Å². The van der Waals surface area contributed by atoms with Crippen molar-refractivity contribution in [3.8, 4) is 0 Å². The minimum Gasteiger partial charge on any atom is -0.388 e. The van der Waals surface area contributed by atoms with Crippen LogP contribution in [0.3, 0.4) is 0 Å². The van der Waals surface area contributed by atoms with Crippen LogP contribution < -0.4 is 10.6 Å². The van der Waals surface area contributed by atoms with Gasteiger partial charge in [0.05, 0.1) is 21.1 Å². The van der Waals surface area contributed by atoms with Crippen LogP contribution in [-0.4, -0.2) is 52.0 Å². The van der Waals surface area contributed by atoms with Crippen LogP contribution in [0.4, 0.5) is 11.4 Å². The van der Waals surface area contributed by atoms with E-state index in [9.17, 15) is 25.1 Å². The van der Waals surface area contributed by atoms with E-state index in [0.717, 1.165) is 5.56 Å². The van der Waals surface area contributed by atoms with Crippen molar-refractivity contribution in [3.63, 3.8) is 0 Å². The summed E-state index contributed by atoms with van der Waals surface area (Å²) < 4.78 is 5.52. The summed E-state index contributed by atoms with van der Waals surface area (Å²) in [5, 5.41) is 37.6. The Hall–Kier alpha value is -2.27. The lowest BCUT2D eigenvalue weighted by atomic mass is 10.1. The van der Waals surface area contributed by atoms with Crippen molar-refractivity contribution in [2.24, 2.45) is 0 Å². The molecule has 30 heavy (non-hydrogen) atoms. The van der Waals surface area contributed by atoms with Crippen molar-refractivity contribution in [1.29, 1.82) is 0 Å². The molecule has 1 saturated heterocycles. The second kappa shape index (κ2) is 9.69. The van der Waals surface area contributed by atoms with Crippen molar-refractivity contribution in [3.05, 3.63) is 68.2 Å². The number of aliphatic hydroxyl groups is 2. The van der Waals surface area contributed by atoms with Gasteiger partial charge in [-0.15, -0.1) is 0 Å². The number of halogens is 2. The molecule has 0 radical (unpaired) electrons. The average molecular weight is 456 g/mol. The fourth-order valence-electron chi connectivity index (χ4n) is 3.05. The maximum atomic E-state index is 12.4. The van der Waals surface area contributed by atoms with Crippen molar-refractivity contribution < 1.29 is 24.7 Å². The lowest BCUT2D eigenvalue weighted by Gasteiger charge is -2.15. The summed E-state index contributed by atoms with van der Waals surface area (Å²) in [5.74, 6) is -0.714. The molecule has 0 unspecified atom stereocenters. The van der Waals surface area contributed by atoms with Crippen molar-refractivity contribution >= 4 is 40.5 Å². The highest BCUT2D eigenvalue weighted by Gasteiger charge is 2.46. The monoisotopic (exact) mass is 455 g/mol. The number of rotatable bonds is 7. The summed E-state index contributed by atoms with van der Waals surface area (Å²) in [7, 11) is 0. The first-order valence-corrected chi connectivity index (χ1v) is 9.73. The molecule has 0 bridgehead atoms. The van der Waals surface area contributed by atoms with Gasteiger partial charge >= 0.3 is 0 Å². The Kier molecular flexibility index (Phi) is 7.24. The Labute approximate surface area is 181 Å². The van der Waals surface area contributed by atoms with Gasteiger partial charge in [-0.2, -0.15) is 0 Å². The number of carbonyl (C=O) groups is 1. The molecule has 0 spiro atoms. The summed E-state index contributed by atoms with van der Waals surface area (Å²) >= 11 is 11.8. The number of nitro benzene ring substituents is 1. The smallest absolute Gasteiger partial charge is 0.271 e. The highest BCUT2D eigenvalue weighted by Crippen LogP contribution is 2.25. The van der Waals surface area contributed by atoms with E-state index in [0.29, 0.717) is 16.6 Å². The van der Waals surface area contributed by atoms with Gasteiger partial charge in [-0.3, -0.25) is 14.9 Å². The third-order valence-electron chi connectivity index (χ3n) is 4.60. The van der Waals surface area contributed by atoms with Gasteiger partial charge in [0.1, 0.15) is 12.2 Å². The van der Waals surface area contributed by atoms with Gasteiger partial charge in [0.2, 0.25) is 0 Å². The van der Waals surface area contributed by atoms with Gasteiger partial charge < -0.3 is 25.6 Å². The van der Waals surface area contributed by atoms with E-state index in [2.05, 4.69) is 10.6 Å². The van der Waals surface area contributed by atoms with Crippen LogP contribution in [0, 0.1) is 10.1 Å². The van der Waals surface area contributed by atoms with Crippen LogP contribution in [0.2, 0.25) is 10.0 Å². The molecular formula is C19H19Cl2N3O6. The van der Waals surface area contributed by atoms with Crippen molar-refractivity contribution in [2.75, 3.05) is 11.9 Å². The number of hydrogen-bond acceptors (Lipinski definition) is 7. The highest BCUT2D eigenvalue weighted by molar-refractivity contribution is 6.42. The Morgan fingerprint density at radius 2 is 1.90 bits per heavy atom. The van der Waals surface area contributed by atoms with Crippen molar-refractivity contribution in [2.45, 2.75) is 31.0 Å². The molecule has 1 amide bonds.